The van der Waals surface area contributed by atoms with Crippen molar-refractivity contribution in [3.8, 4) is 5.75 Å². The molecule has 122 valence electrons. The Morgan fingerprint density at radius 3 is 2.04 bits per heavy atom. The number of benzene rings is 2. The van der Waals surface area contributed by atoms with Crippen molar-refractivity contribution in [3.05, 3.63) is 53.1 Å². The summed E-state index contributed by atoms with van der Waals surface area (Å²) < 4.78 is 28.2. The van der Waals surface area contributed by atoms with E-state index in [1.807, 2.05) is 26.0 Å². The van der Waals surface area contributed by atoms with Gasteiger partial charge in [0.05, 0.1) is 17.7 Å². The standard InChI is InChI=1S/C17H20N2O3S/c1-11-9-13(10-12(2)16(11)22-3)17(18)19-14-5-7-15(8-6-14)23(4,20)21/h5-10H,1-4H3,(H2,18,19). The van der Waals surface area contributed by atoms with Crippen molar-refractivity contribution in [2.75, 3.05) is 13.4 Å². The Morgan fingerprint density at radius 1 is 1.09 bits per heavy atom. The van der Waals surface area contributed by atoms with Gasteiger partial charge >= 0.3 is 0 Å². The molecule has 0 fully saturated rings. The number of nitrogens with two attached hydrogens (primary N) is 1. The summed E-state index contributed by atoms with van der Waals surface area (Å²) in [6, 6.07) is 10.1. The van der Waals surface area contributed by atoms with E-state index in [0.717, 1.165) is 22.4 Å². The van der Waals surface area contributed by atoms with Gasteiger partial charge in [0.2, 0.25) is 0 Å². The maximum atomic E-state index is 11.5. The molecule has 2 aromatic carbocycles. The third-order valence-electron chi connectivity index (χ3n) is 3.47. The average Bonchev–Trinajstić information content (AvgIpc) is 2.46. The van der Waals surface area contributed by atoms with Crippen molar-refractivity contribution >= 4 is 21.4 Å². The monoisotopic (exact) mass is 332 g/mol. The van der Waals surface area contributed by atoms with Crippen LogP contribution in [0.5, 0.6) is 5.75 Å². The molecule has 0 unspecified atom stereocenters. The van der Waals surface area contributed by atoms with Crippen LogP contribution in [0.25, 0.3) is 0 Å². The fourth-order valence-corrected chi connectivity index (χ4v) is 3.02. The summed E-state index contributed by atoms with van der Waals surface area (Å²) in [7, 11) is -1.58. The Labute approximate surface area is 136 Å². The summed E-state index contributed by atoms with van der Waals surface area (Å²) >= 11 is 0. The number of amidine groups is 1. The highest BCUT2D eigenvalue weighted by Crippen LogP contribution is 2.25. The molecule has 0 heterocycles. The van der Waals surface area contributed by atoms with Crippen molar-refractivity contribution in [1.29, 1.82) is 0 Å². The van der Waals surface area contributed by atoms with Crippen LogP contribution in [0.1, 0.15) is 16.7 Å². The van der Waals surface area contributed by atoms with Gasteiger partial charge in [-0.1, -0.05) is 0 Å². The Hall–Kier alpha value is -2.34. The van der Waals surface area contributed by atoms with Crippen molar-refractivity contribution in [3.63, 3.8) is 0 Å². The molecule has 0 atom stereocenters. The highest BCUT2D eigenvalue weighted by molar-refractivity contribution is 7.90. The summed E-state index contributed by atoms with van der Waals surface area (Å²) in [4.78, 5) is 4.60. The van der Waals surface area contributed by atoms with Crippen LogP contribution in [0, 0.1) is 13.8 Å². The second-order valence-electron chi connectivity index (χ2n) is 5.41. The van der Waals surface area contributed by atoms with E-state index in [9.17, 15) is 8.42 Å². The molecular formula is C17H20N2O3S. The van der Waals surface area contributed by atoms with Crippen molar-refractivity contribution in [2.45, 2.75) is 18.7 Å². The fourth-order valence-electron chi connectivity index (χ4n) is 2.39. The molecule has 0 saturated carbocycles. The van der Waals surface area contributed by atoms with E-state index >= 15 is 0 Å². The van der Waals surface area contributed by atoms with Gasteiger partial charge in [-0.2, -0.15) is 0 Å². The van der Waals surface area contributed by atoms with Gasteiger partial charge in [-0.05, 0) is 61.4 Å². The summed E-state index contributed by atoms with van der Waals surface area (Å²) in [5.74, 6) is 1.20. The average molecular weight is 332 g/mol. The van der Waals surface area contributed by atoms with Crippen LogP contribution in [0.4, 0.5) is 5.69 Å². The van der Waals surface area contributed by atoms with Crippen LogP contribution in [-0.4, -0.2) is 27.6 Å². The highest BCUT2D eigenvalue weighted by atomic mass is 32.2. The number of sulfone groups is 1. The summed E-state index contributed by atoms with van der Waals surface area (Å²) in [5, 5.41) is 0. The predicted molar refractivity (Wildman–Crippen MR) is 92.4 cm³/mol. The van der Waals surface area contributed by atoms with Gasteiger partial charge in [-0.15, -0.1) is 0 Å². The first-order valence-corrected chi connectivity index (χ1v) is 8.91. The lowest BCUT2D eigenvalue weighted by atomic mass is 10.0. The molecule has 0 radical (unpaired) electrons. The molecule has 0 spiro atoms. The zero-order valence-electron chi connectivity index (χ0n) is 13.6. The molecule has 2 N–H and O–H groups in total. The number of rotatable bonds is 4. The molecule has 2 rings (SSSR count). The van der Waals surface area contributed by atoms with Crippen molar-refractivity contribution < 1.29 is 13.2 Å². The topological polar surface area (TPSA) is 81.8 Å². The zero-order chi connectivity index (χ0) is 17.2. The molecule has 5 nitrogen and oxygen atoms in total. The Balaban J connectivity index is 2.37. The SMILES string of the molecule is COc1c(C)cc(C(N)=Nc2ccc(S(C)(=O)=O)cc2)cc1C. The molecule has 0 aliphatic heterocycles. The highest BCUT2D eigenvalue weighted by Gasteiger charge is 2.09. The zero-order valence-corrected chi connectivity index (χ0v) is 14.4. The van der Waals surface area contributed by atoms with Crippen LogP contribution in [-0.2, 0) is 9.84 Å². The van der Waals surface area contributed by atoms with Gasteiger partial charge in [0, 0.05) is 11.8 Å². The quantitative estimate of drug-likeness (QED) is 0.689. The summed E-state index contributed by atoms with van der Waals surface area (Å²) in [6.07, 6.45) is 1.17. The number of aryl methyl sites for hydroxylation is 2. The minimum atomic E-state index is -3.21. The lowest BCUT2D eigenvalue weighted by molar-refractivity contribution is 0.408. The number of ether oxygens (including phenoxy) is 1. The van der Waals surface area contributed by atoms with Crippen LogP contribution in [0.2, 0.25) is 0 Å². The largest absolute Gasteiger partial charge is 0.496 e. The third-order valence-corrected chi connectivity index (χ3v) is 4.60. The Kier molecular flexibility index (Phi) is 4.75. The lowest BCUT2D eigenvalue weighted by Crippen LogP contribution is -2.13. The molecule has 0 amide bonds. The molecule has 2 aromatic rings. The maximum Gasteiger partial charge on any atom is 0.175 e. The van der Waals surface area contributed by atoms with Gasteiger partial charge < -0.3 is 10.5 Å². The number of nitrogens with zero attached hydrogens (tertiary/aromatic N) is 1. The third kappa shape index (κ3) is 3.90. The Morgan fingerprint density at radius 2 is 1.61 bits per heavy atom. The fraction of sp³-hybridized carbons (Fsp3) is 0.235. The smallest absolute Gasteiger partial charge is 0.175 e. The second kappa shape index (κ2) is 6.42. The van der Waals surface area contributed by atoms with E-state index in [-0.39, 0.29) is 4.90 Å². The van der Waals surface area contributed by atoms with E-state index < -0.39 is 9.84 Å². The molecule has 0 aromatic heterocycles. The molecular weight excluding hydrogens is 312 g/mol. The first kappa shape index (κ1) is 17.0. The first-order chi connectivity index (χ1) is 10.7. The van der Waals surface area contributed by atoms with Crippen LogP contribution in [0.15, 0.2) is 46.3 Å². The van der Waals surface area contributed by atoms with Crippen LogP contribution in [0.3, 0.4) is 0 Å². The lowest BCUT2D eigenvalue weighted by Gasteiger charge is -2.11. The molecule has 0 aliphatic rings. The van der Waals surface area contributed by atoms with Gasteiger partial charge in [0.1, 0.15) is 11.6 Å². The minimum Gasteiger partial charge on any atom is -0.496 e. The van der Waals surface area contributed by atoms with E-state index in [1.165, 1.54) is 18.4 Å². The molecule has 6 heteroatoms. The van der Waals surface area contributed by atoms with Gasteiger partial charge in [0.15, 0.2) is 9.84 Å². The Bertz CT molecular complexity index is 831. The number of hydrogen-bond acceptors (Lipinski definition) is 4. The maximum absolute atomic E-state index is 11.5. The van der Waals surface area contributed by atoms with E-state index in [1.54, 1.807) is 19.2 Å². The first-order valence-electron chi connectivity index (χ1n) is 7.02. The van der Waals surface area contributed by atoms with Crippen LogP contribution < -0.4 is 10.5 Å². The number of hydrogen-bond donors (Lipinski definition) is 1. The van der Waals surface area contributed by atoms with Gasteiger partial charge in [-0.25, -0.2) is 13.4 Å². The number of aliphatic imine (C=N–C) groups is 1. The van der Waals surface area contributed by atoms with E-state index in [2.05, 4.69) is 4.99 Å². The summed E-state index contributed by atoms with van der Waals surface area (Å²) in [5.41, 5.74) is 9.43. The minimum absolute atomic E-state index is 0.256. The van der Waals surface area contributed by atoms with E-state index in [0.29, 0.717) is 11.5 Å². The number of methoxy groups -OCH3 is 1. The van der Waals surface area contributed by atoms with E-state index in [4.69, 9.17) is 10.5 Å². The molecule has 0 saturated heterocycles. The van der Waals surface area contributed by atoms with Gasteiger partial charge in [-0.3, -0.25) is 0 Å². The predicted octanol–water partition coefficient (Wildman–Crippen LogP) is 2.75. The van der Waals surface area contributed by atoms with Crippen molar-refractivity contribution in [1.82, 2.24) is 0 Å². The normalized spacial score (nSPS) is 12.3. The summed E-state index contributed by atoms with van der Waals surface area (Å²) in [6.45, 7) is 3.90. The van der Waals surface area contributed by atoms with Gasteiger partial charge in [0.25, 0.3) is 0 Å². The molecule has 0 aliphatic carbocycles. The van der Waals surface area contributed by atoms with Crippen LogP contribution >= 0.6 is 0 Å². The molecule has 0 bridgehead atoms. The second-order valence-corrected chi connectivity index (χ2v) is 7.42. The molecule has 23 heavy (non-hydrogen) atoms. The van der Waals surface area contributed by atoms with Crippen molar-refractivity contribution in [2.24, 2.45) is 10.7 Å².